The zero-order valence-electron chi connectivity index (χ0n) is 10.4. The molecule has 0 aliphatic rings. The van der Waals surface area contributed by atoms with E-state index in [4.69, 9.17) is 5.11 Å². The van der Waals surface area contributed by atoms with Crippen LogP contribution in [0.5, 0.6) is 0 Å². The Hall–Kier alpha value is -2.15. The van der Waals surface area contributed by atoms with Crippen LogP contribution in [0, 0.1) is 0 Å². The fraction of sp³-hybridized carbons (Fsp3) is 0.154. The highest BCUT2D eigenvalue weighted by atomic mass is 79.9. The number of imidazole rings is 1. The van der Waals surface area contributed by atoms with E-state index in [2.05, 4.69) is 26.2 Å². The van der Waals surface area contributed by atoms with Crippen LogP contribution in [-0.4, -0.2) is 33.1 Å². The van der Waals surface area contributed by atoms with Crippen LogP contribution in [0.4, 0.5) is 0 Å². The predicted octanol–water partition coefficient (Wildman–Crippen LogP) is 1.77. The van der Waals surface area contributed by atoms with Gasteiger partial charge in [0.15, 0.2) is 5.69 Å². The number of hydrogen-bond acceptors (Lipinski definition) is 3. The van der Waals surface area contributed by atoms with Gasteiger partial charge in [0, 0.05) is 29.3 Å². The maximum atomic E-state index is 11.8. The Morgan fingerprint density at radius 1 is 1.40 bits per heavy atom. The SMILES string of the molecule is O=C(NCCn1cnc(C(=O)O)c1)c1cccc(Br)c1. The van der Waals surface area contributed by atoms with E-state index in [1.165, 1.54) is 12.5 Å². The molecule has 1 aromatic heterocycles. The molecule has 1 aromatic carbocycles. The molecule has 0 aliphatic heterocycles. The van der Waals surface area contributed by atoms with Gasteiger partial charge in [0.1, 0.15) is 0 Å². The van der Waals surface area contributed by atoms with Gasteiger partial charge in [-0.25, -0.2) is 9.78 Å². The van der Waals surface area contributed by atoms with Crippen molar-refractivity contribution in [1.29, 1.82) is 0 Å². The first-order chi connectivity index (χ1) is 9.56. The van der Waals surface area contributed by atoms with Crippen molar-refractivity contribution in [1.82, 2.24) is 14.9 Å². The molecular weight excluding hydrogens is 326 g/mol. The predicted molar refractivity (Wildman–Crippen MR) is 75.7 cm³/mol. The van der Waals surface area contributed by atoms with E-state index in [-0.39, 0.29) is 11.6 Å². The van der Waals surface area contributed by atoms with Crippen molar-refractivity contribution in [3.8, 4) is 0 Å². The fourth-order valence-electron chi connectivity index (χ4n) is 1.62. The van der Waals surface area contributed by atoms with Crippen molar-refractivity contribution in [2.75, 3.05) is 6.54 Å². The molecule has 7 heteroatoms. The molecule has 6 nitrogen and oxygen atoms in total. The van der Waals surface area contributed by atoms with E-state index in [0.717, 1.165) is 4.47 Å². The highest BCUT2D eigenvalue weighted by molar-refractivity contribution is 9.10. The first-order valence-electron chi connectivity index (χ1n) is 5.85. The van der Waals surface area contributed by atoms with Crippen molar-refractivity contribution < 1.29 is 14.7 Å². The Balaban J connectivity index is 1.86. The van der Waals surface area contributed by atoms with Crippen LogP contribution in [0.15, 0.2) is 41.3 Å². The van der Waals surface area contributed by atoms with Crippen molar-refractivity contribution in [3.63, 3.8) is 0 Å². The third kappa shape index (κ3) is 3.67. The molecule has 2 aromatic rings. The van der Waals surface area contributed by atoms with Crippen LogP contribution in [0.2, 0.25) is 0 Å². The maximum absolute atomic E-state index is 11.8. The zero-order chi connectivity index (χ0) is 14.5. The van der Waals surface area contributed by atoms with Crippen LogP contribution in [0.25, 0.3) is 0 Å². The third-order valence-corrected chi connectivity index (χ3v) is 3.09. The molecule has 0 unspecified atom stereocenters. The van der Waals surface area contributed by atoms with Gasteiger partial charge in [0.25, 0.3) is 5.91 Å². The lowest BCUT2D eigenvalue weighted by atomic mass is 10.2. The van der Waals surface area contributed by atoms with Gasteiger partial charge in [-0.3, -0.25) is 4.79 Å². The zero-order valence-corrected chi connectivity index (χ0v) is 12.0. The Kier molecular flexibility index (Phi) is 4.52. The summed E-state index contributed by atoms with van der Waals surface area (Å²) in [5.41, 5.74) is 0.555. The number of carbonyl (C=O) groups excluding carboxylic acids is 1. The molecule has 0 saturated carbocycles. The van der Waals surface area contributed by atoms with E-state index in [0.29, 0.717) is 18.7 Å². The number of carboxylic acid groups (broad SMARTS) is 1. The minimum Gasteiger partial charge on any atom is -0.476 e. The molecule has 20 heavy (non-hydrogen) atoms. The standard InChI is InChI=1S/C13H12BrN3O3/c14-10-3-1-2-9(6-10)12(18)15-4-5-17-7-11(13(19)20)16-8-17/h1-3,6-8H,4-5H2,(H,15,18)(H,19,20). The summed E-state index contributed by atoms with van der Waals surface area (Å²) in [6.45, 7) is 0.848. The summed E-state index contributed by atoms with van der Waals surface area (Å²) in [4.78, 5) is 26.2. The first-order valence-corrected chi connectivity index (χ1v) is 6.64. The van der Waals surface area contributed by atoms with E-state index in [1.54, 1.807) is 22.8 Å². The lowest BCUT2D eigenvalue weighted by Gasteiger charge is -2.06. The van der Waals surface area contributed by atoms with E-state index in [9.17, 15) is 9.59 Å². The number of nitrogens with zero attached hydrogens (tertiary/aromatic N) is 2. The molecule has 1 amide bonds. The molecule has 104 valence electrons. The number of rotatable bonds is 5. The fourth-order valence-corrected chi connectivity index (χ4v) is 2.02. The quantitative estimate of drug-likeness (QED) is 0.870. The Morgan fingerprint density at radius 2 is 2.20 bits per heavy atom. The lowest BCUT2D eigenvalue weighted by Crippen LogP contribution is -2.26. The van der Waals surface area contributed by atoms with Crippen LogP contribution in [0.3, 0.4) is 0 Å². The molecule has 0 radical (unpaired) electrons. The van der Waals surface area contributed by atoms with Crippen molar-refractivity contribution in [3.05, 3.63) is 52.5 Å². The highest BCUT2D eigenvalue weighted by Crippen LogP contribution is 2.11. The molecule has 0 atom stereocenters. The summed E-state index contributed by atoms with van der Waals surface area (Å²) >= 11 is 3.30. The van der Waals surface area contributed by atoms with E-state index < -0.39 is 5.97 Å². The van der Waals surface area contributed by atoms with Gasteiger partial charge in [-0.15, -0.1) is 0 Å². The van der Waals surface area contributed by atoms with E-state index in [1.807, 2.05) is 6.07 Å². The molecule has 0 aliphatic carbocycles. The molecular formula is C13H12BrN3O3. The monoisotopic (exact) mass is 337 g/mol. The normalized spacial score (nSPS) is 10.2. The van der Waals surface area contributed by atoms with Crippen molar-refractivity contribution in [2.45, 2.75) is 6.54 Å². The molecule has 0 saturated heterocycles. The average Bonchev–Trinajstić information content (AvgIpc) is 2.87. The number of carboxylic acids is 1. The molecule has 0 bridgehead atoms. The minimum atomic E-state index is -1.07. The van der Waals surface area contributed by atoms with Crippen molar-refractivity contribution >= 4 is 27.8 Å². The second-order valence-corrected chi connectivity index (χ2v) is 4.98. The van der Waals surface area contributed by atoms with Crippen LogP contribution in [0.1, 0.15) is 20.8 Å². The smallest absolute Gasteiger partial charge is 0.356 e. The number of nitrogens with one attached hydrogen (secondary N) is 1. The minimum absolute atomic E-state index is 0.0108. The number of halogens is 1. The van der Waals surface area contributed by atoms with E-state index >= 15 is 0 Å². The Bertz CT molecular complexity index is 639. The largest absolute Gasteiger partial charge is 0.476 e. The van der Waals surface area contributed by atoms with Gasteiger partial charge in [-0.1, -0.05) is 22.0 Å². The number of amides is 1. The van der Waals surface area contributed by atoms with Crippen LogP contribution >= 0.6 is 15.9 Å². The molecule has 2 N–H and O–H groups in total. The van der Waals surface area contributed by atoms with Gasteiger partial charge in [-0.2, -0.15) is 0 Å². The second-order valence-electron chi connectivity index (χ2n) is 4.07. The summed E-state index contributed by atoms with van der Waals surface area (Å²) in [6.07, 6.45) is 2.85. The van der Waals surface area contributed by atoms with Gasteiger partial charge >= 0.3 is 5.97 Å². The number of aromatic carboxylic acids is 1. The lowest BCUT2D eigenvalue weighted by molar-refractivity contribution is 0.0690. The third-order valence-electron chi connectivity index (χ3n) is 2.59. The Labute approximate surface area is 123 Å². The second kappa shape index (κ2) is 6.33. The molecule has 0 spiro atoms. The number of hydrogen-bond donors (Lipinski definition) is 2. The average molecular weight is 338 g/mol. The van der Waals surface area contributed by atoms with Crippen LogP contribution in [-0.2, 0) is 6.54 Å². The van der Waals surface area contributed by atoms with Crippen molar-refractivity contribution in [2.24, 2.45) is 0 Å². The number of aromatic nitrogens is 2. The summed E-state index contributed by atoms with van der Waals surface area (Å²) < 4.78 is 2.45. The molecule has 2 rings (SSSR count). The van der Waals surface area contributed by atoms with Gasteiger partial charge in [0.05, 0.1) is 6.33 Å². The van der Waals surface area contributed by atoms with Gasteiger partial charge in [0.2, 0.25) is 0 Å². The first kappa shape index (κ1) is 14.3. The summed E-state index contributed by atoms with van der Waals surface area (Å²) in [6, 6.07) is 7.08. The summed E-state index contributed by atoms with van der Waals surface area (Å²) in [5.74, 6) is -1.24. The number of carbonyl (C=O) groups is 2. The van der Waals surface area contributed by atoms with Gasteiger partial charge < -0.3 is 15.0 Å². The molecule has 1 heterocycles. The topological polar surface area (TPSA) is 84.2 Å². The summed E-state index contributed by atoms with van der Waals surface area (Å²) in [7, 11) is 0. The highest BCUT2D eigenvalue weighted by Gasteiger charge is 2.07. The number of benzene rings is 1. The Morgan fingerprint density at radius 3 is 2.85 bits per heavy atom. The summed E-state index contributed by atoms with van der Waals surface area (Å²) in [5, 5.41) is 11.5. The van der Waals surface area contributed by atoms with Gasteiger partial charge in [-0.05, 0) is 18.2 Å². The molecule has 0 fully saturated rings. The maximum Gasteiger partial charge on any atom is 0.356 e. The van der Waals surface area contributed by atoms with Crippen LogP contribution < -0.4 is 5.32 Å².